The first kappa shape index (κ1) is 16.5. The molecule has 0 aromatic heterocycles. The molecular weight excluding hydrogens is 330 g/mol. The van der Waals surface area contributed by atoms with E-state index in [0.717, 1.165) is 0 Å². The molecule has 3 nitrogen and oxygen atoms in total. The Morgan fingerprint density at radius 1 is 1.47 bits per heavy atom. The Bertz CT molecular complexity index is 457. The van der Waals surface area contributed by atoms with Crippen molar-refractivity contribution in [2.45, 2.75) is 33.2 Å². The van der Waals surface area contributed by atoms with Crippen LogP contribution in [-0.4, -0.2) is 23.7 Å². The van der Waals surface area contributed by atoms with Crippen molar-refractivity contribution in [1.29, 1.82) is 0 Å². The number of aliphatic hydroxyl groups is 1. The molecule has 0 aliphatic carbocycles. The molecule has 0 aliphatic heterocycles. The summed E-state index contributed by atoms with van der Waals surface area (Å²) in [6.07, 6.45) is 0.515. The quantitative estimate of drug-likeness (QED) is 0.873. The Kier molecular flexibility index (Phi) is 5.83. The fourth-order valence-electron chi connectivity index (χ4n) is 1.77. The van der Waals surface area contributed by atoms with Crippen LogP contribution in [-0.2, 0) is 0 Å². The second-order valence-electron chi connectivity index (χ2n) is 5.51. The van der Waals surface area contributed by atoms with Crippen molar-refractivity contribution < 1.29 is 9.90 Å². The smallest absolute Gasteiger partial charge is 0.253 e. The number of carbonyl (C=O) groups is 1. The van der Waals surface area contributed by atoms with Gasteiger partial charge in [0.1, 0.15) is 0 Å². The highest BCUT2D eigenvalue weighted by Gasteiger charge is 2.26. The van der Waals surface area contributed by atoms with E-state index in [1.165, 1.54) is 0 Å². The summed E-state index contributed by atoms with van der Waals surface area (Å²) in [6, 6.07) is 5.12. The molecule has 0 spiro atoms. The number of benzene rings is 1. The molecule has 1 amide bonds. The fraction of sp³-hybridized carbons (Fsp3) is 0.500. The zero-order chi connectivity index (χ0) is 14.6. The van der Waals surface area contributed by atoms with Gasteiger partial charge in [0.2, 0.25) is 0 Å². The van der Waals surface area contributed by atoms with Gasteiger partial charge in [0.25, 0.3) is 5.91 Å². The SMILES string of the molecule is CC(C)(C)C(CCO)NC(=O)c1cccc(Br)c1Cl. The molecule has 0 heterocycles. The first-order valence-electron chi connectivity index (χ1n) is 6.13. The largest absolute Gasteiger partial charge is 0.396 e. The molecule has 1 aromatic rings. The van der Waals surface area contributed by atoms with Crippen LogP contribution in [0.15, 0.2) is 22.7 Å². The maximum Gasteiger partial charge on any atom is 0.253 e. The summed E-state index contributed by atoms with van der Waals surface area (Å²) in [5, 5.41) is 12.4. The number of aliphatic hydroxyl groups excluding tert-OH is 1. The van der Waals surface area contributed by atoms with Gasteiger partial charge in [0.15, 0.2) is 0 Å². The highest BCUT2D eigenvalue weighted by molar-refractivity contribution is 9.10. The molecule has 2 N–H and O–H groups in total. The predicted molar refractivity (Wildman–Crippen MR) is 81.6 cm³/mol. The standard InChI is InChI=1S/C14H19BrClNO2/c1-14(2,3)11(7-8-18)17-13(19)9-5-4-6-10(15)12(9)16/h4-6,11,18H,7-8H2,1-3H3,(H,17,19). The summed E-state index contributed by atoms with van der Waals surface area (Å²) in [6.45, 7) is 6.11. The van der Waals surface area contributed by atoms with Gasteiger partial charge in [0.05, 0.1) is 10.6 Å². The maximum atomic E-state index is 12.3. The summed E-state index contributed by atoms with van der Waals surface area (Å²) in [7, 11) is 0. The van der Waals surface area contributed by atoms with Crippen LogP contribution < -0.4 is 5.32 Å². The molecule has 1 atom stereocenters. The third-order valence-corrected chi connectivity index (χ3v) is 4.26. The van der Waals surface area contributed by atoms with Gasteiger partial charge in [-0.05, 0) is 39.9 Å². The number of amides is 1. The van der Waals surface area contributed by atoms with Gasteiger partial charge in [-0.2, -0.15) is 0 Å². The van der Waals surface area contributed by atoms with Gasteiger partial charge in [-0.1, -0.05) is 38.4 Å². The summed E-state index contributed by atoms with van der Waals surface area (Å²) in [4.78, 5) is 12.3. The van der Waals surface area contributed by atoms with Gasteiger partial charge >= 0.3 is 0 Å². The Morgan fingerprint density at radius 3 is 2.63 bits per heavy atom. The summed E-state index contributed by atoms with van der Waals surface area (Å²) < 4.78 is 0.691. The molecule has 0 saturated heterocycles. The highest BCUT2D eigenvalue weighted by Crippen LogP contribution is 2.27. The number of halogens is 2. The lowest BCUT2D eigenvalue weighted by atomic mass is 9.85. The fourth-order valence-corrected chi connectivity index (χ4v) is 2.34. The van der Waals surface area contributed by atoms with Crippen LogP contribution in [0.5, 0.6) is 0 Å². The van der Waals surface area contributed by atoms with Crippen molar-refractivity contribution in [3.8, 4) is 0 Å². The molecule has 0 saturated carbocycles. The van der Waals surface area contributed by atoms with E-state index in [1.54, 1.807) is 18.2 Å². The van der Waals surface area contributed by atoms with E-state index in [0.29, 0.717) is 21.5 Å². The Balaban J connectivity index is 2.91. The van der Waals surface area contributed by atoms with Gasteiger partial charge in [0, 0.05) is 17.1 Å². The Labute approximate surface area is 127 Å². The zero-order valence-corrected chi connectivity index (χ0v) is 13.7. The minimum Gasteiger partial charge on any atom is -0.396 e. The monoisotopic (exact) mass is 347 g/mol. The molecule has 106 valence electrons. The normalized spacial score (nSPS) is 13.2. The first-order valence-corrected chi connectivity index (χ1v) is 7.30. The van der Waals surface area contributed by atoms with Crippen molar-refractivity contribution in [1.82, 2.24) is 5.32 Å². The van der Waals surface area contributed by atoms with Crippen LogP contribution in [0.3, 0.4) is 0 Å². The third-order valence-electron chi connectivity index (χ3n) is 2.96. The lowest BCUT2D eigenvalue weighted by Crippen LogP contribution is -2.44. The molecule has 0 aliphatic rings. The Hall–Kier alpha value is -0.580. The van der Waals surface area contributed by atoms with Crippen LogP contribution in [0.1, 0.15) is 37.6 Å². The molecule has 1 unspecified atom stereocenters. The zero-order valence-electron chi connectivity index (χ0n) is 11.3. The molecule has 19 heavy (non-hydrogen) atoms. The Morgan fingerprint density at radius 2 is 2.11 bits per heavy atom. The first-order chi connectivity index (χ1) is 8.77. The lowest BCUT2D eigenvalue weighted by molar-refractivity contribution is 0.0885. The van der Waals surface area contributed by atoms with E-state index in [1.807, 2.05) is 20.8 Å². The minimum absolute atomic E-state index is 0.0361. The highest BCUT2D eigenvalue weighted by atomic mass is 79.9. The van der Waals surface area contributed by atoms with Crippen LogP contribution in [0.2, 0.25) is 5.02 Å². The number of hydrogen-bond acceptors (Lipinski definition) is 2. The second-order valence-corrected chi connectivity index (χ2v) is 6.74. The van der Waals surface area contributed by atoms with Crippen molar-refractivity contribution >= 4 is 33.4 Å². The van der Waals surface area contributed by atoms with Gasteiger partial charge in [-0.3, -0.25) is 4.79 Å². The average molecular weight is 349 g/mol. The number of carbonyl (C=O) groups excluding carboxylic acids is 1. The number of rotatable bonds is 4. The molecule has 5 heteroatoms. The summed E-state index contributed by atoms with van der Waals surface area (Å²) in [5.41, 5.74) is 0.305. The second kappa shape index (κ2) is 6.73. The molecular formula is C14H19BrClNO2. The summed E-state index contributed by atoms with van der Waals surface area (Å²) in [5.74, 6) is -0.223. The van der Waals surface area contributed by atoms with E-state index in [2.05, 4.69) is 21.2 Å². The average Bonchev–Trinajstić information content (AvgIpc) is 2.30. The lowest BCUT2D eigenvalue weighted by Gasteiger charge is -2.31. The van der Waals surface area contributed by atoms with Crippen LogP contribution in [0.4, 0.5) is 0 Å². The number of hydrogen-bond donors (Lipinski definition) is 2. The van der Waals surface area contributed by atoms with Crippen molar-refractivity contribution in [3.05, 3.63) is 33.3 Å². The molecule has 0 fully saturated rings. The van der Waals surface area contributed by atoms with Crippen molar-refractivity contribution in [2.75, 3.05) is 6.61 Å². The molecule has 1 aromatic carbocycles. The van der Waals surface area contributed by atoms with E-state index < -0.39 is 0 Å². The minimum atomic E-state index is -0.223. The van der Waals surface area contributed by atoms with Crippen molar-refractivity contribution in [3.63, 3.8) is 0 Å². The van der Waals surface area contributed by atoms with Gasteiger partial charge in [-0.15, -0.1) is 0 Å². The topological polar surface area (TPSA) is 49.3 Å². The van der Waals surface area contributed by atoms with Gasteiger partial charge in [-0.25, -0.2) is 0 Å². The van der Waals surface area contributed by atoms with Crippen LogP contribution in [0.25, 0.3) is 0 Å². The molecule has 1 rings (SSSR count). The van der Waals surface area contributed by atoms with Gasteiger partial charge < -0.3 is 10.4 Å². The van der Waals surface area contributed by atoms with Crippen molar-refractivity contribution in [2.24, 2.45) is 5.41 Å². The molecule has 0 radical (unpaired) electrons. The predicted octanol–water partition coefficient (Wildman–Crippen LogP) is 3.63. The van der Waals surface area contributed by atoms with E-state index in [-0.39, 0.29) is 24.0 Å². The molecule has 0 bridgehead atoms. The summed E-state index contributed by atoms with van der Waals surface area (Å²) >= 11 is 9.40. The van der Waals surface area contributed by atoms with Crippen LogP contribution >= 0.6 is 27.5 Å². The number of nitrogens with one attached hydrogen (secondary N) is 1. The van der Waals surface area contributed by atoms with E-state index in [9.17, 15) is 4.79 Å². The van der Waals surface area contributed by atoms with E-state index >= 15 is 0 Å². The van der Waals surface area contributed by atoms with Crippen LogP contribution in [0, 0.1) is 5.41 Å². The maximum absolute atomic E-state index is 12.3. The third kappa shape index (κ3) is 4.48. The van der Waals surface area contributed by atoms with E-state index in [4.69, 9.17) is 16.7 Å².